The molecule has 0 radical (unpaired) electrons. The van der Waals surface area contributed by atoms with E-state index in [4.69, 9.17) is 4.52 Å². The lowest BCUT2D eigenvalue weighted by Gasteiger charge is -2.31. The molecule has 2 aliphatic rings. The molecule has 0 aliphatic carbocycles. The maximum atomic E-state index is 13.5. The van der Waals surface area contributed by atoms with Crippen molar-refractivity contribution in [3.8, 4) is 0 Å². The van der Waals surface area contributed by atoms with E-state index in [9.17, 15) is 4.79 Å². The van der Waals surface area contributed by atoms with Crippen molar-refractivity contribution in [2.24, 2.45) is 11.8 Å². The van der Waals surface area contributed by atoms with Crippen LogP contribution in [0.5, 0.6) is 0 Å². The van der Waals surface area contributed by atoms with Crippen LogP contribution < -0.4 is 0 Å². The lowest BCUT2D eigenvalue weighted by molar-refractivity contribution is 0.0698. The minimum Gasteiger partial charge on any atom is -0.361 e. The normalized spacial score (nSPS) is 23.3. The Morgan fingerprint density at radius 3 is 2.65 bits per heavy atom. The Morgan fingerprint density at radius 1 is 1.10 bits per heavy atom. The highest BCUT2D eigenvalue weighted by Crippen LogP contribution is 2.46. The summed E-state index contributed by atoms with van der Waals surface area (Å²) in [4.78, 5) is 22.4. The van der Waals surface area contributed by atoms with E-state index in [-0.39, 0.29) is 11.9 Å². The van der Waals surface area contributed by atoms with Gasteiger partial charge < -0.3 is 9.42 Å². The zero-order chi connectivity index (χ0) is 21.5. The summed E-state index contributed by atoms with van der Waals surface area (Å²) in [6, 6.07) is 14.4. The summed E-state index contributed by atoms with van der Waals surface area (Å²) in [5, 5.41) is 4.17. The molecule has 6 nitrogen and oxygen atoms in total. The van der Waals surface area contributed by atoms with Crippen LogP contribution >= 0.6 is 0 Å². The first-order valence-corrected chi connectivity index (χ1v) is 10.9. The first-order valence-electron chi connectivity index (χ1n) is 10.9. The number of benzene rings is 1. The molecule has 3 aromatic rings. The van der Waals surface area contributed by atoms with Crippen LogP contribution in [0.15, 0.2) is 53.2 Å². The number of aromatic nitrogens is 2. The van der Waals surface area contributed by atoms with Gasteiger partial charge in [0.05, 0.1) is 17.3 Å². The van der Waals surface area contributed by atoms with E-state index in [2.05, 4.69) is 51.1 Å². The van der Waals surface area contributed by atoms with Gasteiger partial charge in [-0.1, -0.05) is 29.4 Å². The van der Waals surface area contributed by atoms with E-state index in [1.54, 1.807) is 6.20 Å². The Balaban J connectivity index is 1.43. The van der Waals surface area contributed by atoms with Gasteiger partial charge in [-0.05, 0) is 49.9 Å². The molecule has 1 amide bonds. The number of hydrogen-bond acceptors (Lipinski definition) is 5. The van der Waals surface area contributed by atoms with Crippen molar-refractivity contribution in [3.63, 3.8) is 0 Å². The van der Waals surface area contributed by atoms with Crippen LogP contribution in [-0.4, -0.2) is 45.5 Å². The number of fused-ring (bicyclic) bond motifs is 1. The first kappa shape index (κ1) is 19.9. The quantitative estimate of drug-likeness (QED) is 0.645. The average molecular weight is 417 g/mol. The number of rotatable bonds is 4. The molecule has 3 atom stereocenters. The second-order valence-electron chi connectivity index (χ2n) is 8.99. The molecule has 0 N–H and O–H groups in total. The topological polar surface area (TPSA) is 62.5 Å². The zero-order valence-electron chi connectivity index (χ0n) is 18.3. The Hall–Kier alpha value is -2.99. The number of carbonyl (C=O) groups excluding carboxylic acids is 1. The molecule has 1 aromatic carbocycles. The maximum Gasteiger partial charge on any atom is 0.255 e. The van der Waals surface area contributed by atoms with Gasteiger partial charge in [-0.3, -0.25) is 14.7 Å². The maximum absolute atomic E-state index is 13.5. The minimum absolute atomic E-state index is 0.0732. The van der Waals surface area contributed by atoms with Gasteiger partial charge in [-0.25, -0.2) is 0 Å². The molecule has 31 heavy (non-hydrogen) atoms. The molecule has 5 rings (SSSR count). The van der Waals surface area contributed by atoms with E-state index in [0.717, 1.165) is 43.3 Å². The van der Waals surface area contributed by atoms with Crippen molar-refractivity contribution < 1.29 is 9.32 Å². The number of amides is 1. The molecule has 0 saturated carbocycles. The van der Waals surface area contributed by atoms with E-state index in [0.29, 0.717) is 17.4 Å². The molecule has 160 valence electrons. The summed E-state index contributed by atoms with van der Waals surface area (Å²) in [5.74, 6) is 1.76. The summed E-state index contributed by atoms with van der Waals surface area (Å²) in [6.45, 7) is 9.48. The Bertz CT molecular complexity index is 1090. The lowest BCUT2D eigenvalue weighted by Crippen LogP contribution is -2.36. The summed E-state index contributed by atoms with van der Waals surface area (Å²) >= 11 is 0. The molecule has 2 saturated heterocycles. The van der Waals surface area contributed by atoms with E-state index in [1.807, 2.05) is 32.0 Å². The van der Waals surface area contributed by atoms with Gasteiger partial charge >= 0.3 is 0 Å². The van der Waals surface area contributed by atoms with Crippen molar-refractivity contribution >= 4 is 5.91 Å². The van der Waals surface area contributed by atoms with Crippen LogP contribution in [0.25, 0.3) is 0 Å². The van der Waals surface area contributed by atoms with Crippen molar-refractivity contribution in [1.82, 2.24) is 19.9 Å². The van der Waals surface area contributed by atoms with Gasteiger partial charge in [0.15, 0.2) is 0 Å². The van der Waals surface area contributed by atoms with E-state index in [1.165, 1.54) is 11.1 Å². The van der Waals surface area contributed by atoms with Crippen LogP contribution in [-0.2, 0) is 6.54 Å². The fourth-order valence-electron chi connectivity index (χ4n) is 5.27. The van der Waals surface area contributed by atoms with Gasteiger partial charge in [0.2, 0.25) is 0 Å². The highest BCUT2D eigenvalue weighted by atomic mass is 16.5. The van der Waals surface area contributed by atoms with Crippen LogP contribution in [0.4, 0.5) is 0 Å². The van der Waals surface area contributed by atoms with Crippen molar-refractivity contribution in [2.45, 2.75) is 33.4 Å². The molecule has 2 aliphatic heterocycles. The summed E-state index contributed by atoms with van der Waals surface area (Å²) in [7, 11) is 0. The smallest absolute Gasteiger partial charge is 0.255 e. The van der Waals surface area contributed by atoms with Gasteiger partial charge in [0.1, 0.15) is 5.76 Å². The number of likely N-dealkylation sites (tertiary alicyclic amines) is 2. The third-order valence-electron chi connectivity index (χ3n) is 6.73. The van der Waals surface area contributed by atoms with Crippen LogP contribution in [0, 0.1) is 32.6 Å². The SMILES string of the molecule is Cc1ccc(C(=O)N2C[C@@H]3CN(Cc4cc(C)on4)C[C@@H]3[C@H]2c2ccccc2C)cn1. The van der Waals surface area contributed by atoms with Gasteiger partial charge in [0, 0.05) is 50.1 Å². The van der Waals surface area contributed by atoms with E-state index < -0.39 is 0 Å². The summed E-state index contributed by atoms with van der Waals surface area (Å²) < 4.78 is 5.25. The van der Waals surface area contributed by atoms with Crippen LogP contribution in [0.3, 0.4) is 0 Å². The zero-order valence-corrected chi connectivity index (χ0v) is 18.3. The highest BCUT2D eigenvalue weighted by molar-refractivity contribution is 5.94. The van der Waals surface area contributed by atoms with Gasteiger partial charge in [0.25, 0.3) is 5.91 Å². The van der Waals surface area contributed by atoms with E-state index >= 15 is 0 Å². The Morgan fingerprint density at radius 2 is 1.94 bits per heavy atom. The number of nitrogens with zero attached hydrogens (tertiary/aromatic N) is 4. The van der Waals surface area contributed by atoms with Gasteiger partial charge in [-0.2, -0.15) is 0 Å². The molecule has 2 fully saturated rings. The summed E-state index contributed by atoms with van der Waals surface area (Å²) in [6.07, 6.45) is 1.71. The average Bonchev–Trinajstić information content (AvgIpc) is 3.43. The predicted molar refractivity (Wildman–Crippen MR) is 117 cm³/mol. The lowest BCUT2D eigenvalue weighted by atomic mass is 9.87. The second kappa shape index (κ2) is 7.93. The van der Waals surface area contributed by atoms with Gasteiger partial charge in [-0.15, -0.1) is 0 Å². The fourth-order valence-corrected chi connectivity index (χ4v) is 5.27. The number of carbonyl (C=O) groups is 1. The fraction of sp³-hybridized carbons (Fsp3) is 0.400. The molecular formula is C25H28N4O2. The van der Waals surface area contributed by atoms with Crippen molar-refractivity contribution in [2.75, 3.05) is 19.6 Å². The Labute approximate surface area is 182 Å². The third-order valence-corrected chi connectivity index (χ3v) is 6.73. The molecule has 0 spiro atoms. The molecule has 0 bridgehead atoms. The largest absolute Gasteiger partial charge is 0.361 e. The molecule has 0 unspecified atom stereocenters. The highest BCUT2D eigenvalue weighted by Gasteiger charge is 2.49. The van der Waals surface area contributed by atoms with Crippen LogP contribution in [0.2, 0.25) is 0 Å². The number of aryl methyl sites for hydroxylation is 3. The molecule has 4 heterocycles. The van der Waals surface area contributed by atoms with Crippen molar-refractivity contribution in [1.29, 1.82) is 0 Å². The Kier molecular flexibility index (Phi) is 5.10. The van der Waals surface area contributed by atoms with Crippen molar-refractivity contribution in [3.05, 3.63) is 82.5 Å². The second-order valence-corrected chi connectivity index (χ2v) is 8.99. The molecular weight excluding hydrogens is 388 g/mol. The predicted octanol–water partition coefficient (Wildman–Crippen LogP) is 3.94. The molecule has 2 aromatic heterocycles. The first-order chi connectivity index (χ1) is 15.0. The number of hydrogen-bond donors (Lipinski definition) is 0. The van der Waals surface area contributed by atoms with Crippen LogP contribution in [0.1, 0.15) is 44.7 Å². The third kappa shape index (κ3) is 3.76. The minimum atomic E-state index is 0.0732. The standard InChI is InChI=1S/C25H28N4O2/c1-16-6-4-5-7-22(16)24-23-15-28(14-21-10-18(3)31-27-21)12-20(23)13-29(24)25(30)19-9-8-17(2)26-11-19/h4-11,20,23-24H,12-15H2,1-3H3/t20-,23-,24+/m0/s1. The molecule has 6 heteroatoms. The monoisotopic (exact) mass is 416 g/mol. The summed E-state index contributed by atoms with van der Waals surface area (Å²) in [5.41, 5.74) is 5.05. The number of pyridine rings is 1.